The molecular formula is C19H36O3. The maximum Gasteiger partial charge on any atom is 0.189 e. The van der Waals surface area contributed by atoms with Gasteiger partial charge in [0.2, 0.25) is 0 Å². The predicted octanol–water partition coefficient (Wildman–Crippen LogP) is 5.78. The van der Waals surface area contributed by atoms with Crippen LogP contribution >= 0.6 is 0 Å². The number of hydrogen-bond donors (Lipinski definition) is 0. The van der Waals surface area contributed by atoms with Gasteiger partial charge in [-0.3, -0.25) is 4.79 Å². The van der Waals surface area contributed by atoms with E-state index in [2.05, 4.69) is 13.8 Å². The number of aldehydes is 1. The zero-order valence-electron chi connectivity index (χ0n) is 14.8. The maximum atomic E-state index is 10.9. The highest BCUT2D eigenvalue weighted by Gasteiger charge is 1.97. The first-order chi connectivity index (χ1) is 10.8. The number of hydrogen-bond acceptors (Lipinski definition) is 3. The molecule has 0 aliphatic rings. The molecule has 0 bridgehead atoms. The van der Waals surface area contributed by atoms with Crippen molar-refractivity contribution in [3.63, 3.8) is 0 Å². The Morgan fingerprint density at radius 2 is 1.41 bits per heavy atom. The lowest BCUT2D eigenvalue weighted by atomic mass is 10.1. The van der Waals surface area contributed by atoms with Crippen LogP contribution in [0, 0.1) is 0 Å². The lowest BCUT2D eigenvalue weighted by Crippen LogP contribution is -2.02. The second-order valence-electron chi connectivity index (χ2n) is 5.87. The van der Waals surface area contributed by atoms with Crippen LogP contribution < -0.4 is 0 Å². The van der Waals surface area contributed by atoms with Crippen LogP contribution in [-0.2, 0) is 14.3 Å². The van der Waals surface area contributed by atoms with Gasteiger partial charge in [0.15, 0.2) is 18.8 Å². The van der Waals surface area contributed by atoms with E-state index >= 15 is 0 Å². The van der Waals surface area contributed by atoms with Crippen molar-refractivity contribution < 1.29 is 14.3 Å². The van der Waals surface area contributed by atoms with Crippen molar-refractivity contribution >= 4 is 6.29 Å². The fourth-order valence-corrected chi connectivity index (χ4v) is 2.29. The standard InChI is InChI=1S/C19H36O3/c1-3-5-7-9-11-13-15-19(17-20)22-18-21-16-14-12-10-8-6-4-2/h15,17H,3-14,16,18H2,1-2H3. The van der Waals surface area contributed by atoms with Crippen molar-refractivity contribution in [3.8, 4) is 0 Å². The van der Waals surface area contributed by atoms with E-state index in [0.717, 1.165) is 32.2 Å². The number of allylic oxidation sites excluding steroid dienone is 2. The lowest BCUT2D eigenvalue weighted by Gasteiger charge is -2.07. The summed E-state index contributed by atoms with van der Waals surface area (Å²) in [5.41, 5.74) is 0. The van der Waals surface area contributed by atoms with Gasteiger partial charge >= 0.3 is 0 Å². The summed E-state index contributed by atoms with van der Waals surface area (Å²) < 4.78 is 10.7. The quantitative estimate of drug-likeness (QED) is 0.112. The van der Waals surface area contributed by atoms with E-state index in [-0.39, 0.29) is 6.79 Å². The summed E-state index contributed by atoms with van der Waals surface area (Å²) in [6, 6.07) is 0. The molecule has 0 aliphatic carbocycles. The molecule has 0 aliphatic heterocycles. The molecule has 0 fully saturated rings. The molecule has 0 saturated heterocycles. The first-order valence-corrected chi connectivity index (χ1v) is 9.21. The van der Waals surface area contributed by atoms with Crippen LogP contribution in [0.25, 0.3) is 0 Å². The lowest BCUT2D eigenvalue weighted by molar-refractivity contribution is -0.111. The van der Waals surface area contributed by atoms with Gasteiger partial charge in [-0.05, 0) is 25.3 Å². The molecule has 0 atom stereocenters. The molecule has 0 N–H and O–H groups in total. The van der Waals surface area contributed by atoms with E-state index in [1.807, 2.05) is 6.08 Å². The molecule has 3 nitrogen and oxygen atoms in total. The van der Waals surface area contributed by atoms with E-state index in [1.54, 1.807) is 0 Å². The molecule has 0 radical (unpaired) electrons. The first-order valence-electron chi connectivity index (χ1n) is 9.21. The molecule has 130 valence electrons. The van der Waals surface area contributed by atoms with Gasteiger partial charge < -0.3 is 9.47 Å². The number of carbonyl (C=O) groups is 1. The van der Waals surface area contributed by atoms with E-state index in [9.17, 15) is 4.79 Å². The maximum absolute atomic E-state index is 10.9. The van der Waals surface area contributed by atoms with Gasteiger partial charge in [-0.15, -0.1) is 0 Å². The Bertz CT molecular complexity index is 261. The van der Waals surface area contributed by atoms with Crippen molar-refractivity contribution in [1.29, 1.82) is 0 Å². The van der Waals surface area contributed by atoms with Crippen LogP contribution in [0.1, 0.15) is 90.9 Å². The Balaban J connectivity index is 3.43. The van der Waals surface area contributed by atoms with Crippen LogP contribution in [0.2, 0.25) is 0 Å². The van der Waals surface area contributed by atoms with Crippen molar-refractivity contribution in [1.82, 2.24) is 0 Å². The van der Waals surface area contributed by atoms with Gasteiger partial charge in [0, 0.05) is 0 Å². The van der Waals surface area contributed by atoms with Gasteiger partial charge in [-0.2, -0.15) is 0 Å². The summed E-state index contributed by atoms with van der Waals surface area (Å²) in [5.74, 6) is 0.415. The Hall–Kier alpha value is -0.830. The topological polar surface area (TPSA) is 35.5 Å². The normalized spacial score (nSPS) is 11.6. The van der Waals surface area contributed by atoms with E-state index < -0.39 is 0 Å². The molecule has 0 aromatic carbocycles. The molecule has 22 heavy (non-hydrogen) atoms. The monoisotopic (exact) mass is 312 g/mol. The fraction of sp³-hybridized carbons (Fsp3) is 0.842. The Labute approximate surface area is 137 Å². The highest BCUT2D eigenvalue weighted by Crippen LogP contribution is 2.08. The third-order valence-corrected chi connectivity index (χ3v) is 3.72. The third-order valence-electron chi connectivity index (χ3n) is 3.72. The molecule has 0 spiro atoms. The zero-order chi connectivity index (χ0) is 16.3. The number of ether oxygens (including phenoxy) is 2. The highest BCUT2D eigenvalue weighted by atomic mass is 16.7. The molecule has 0 aromatic heterocycles. The minimum Gasteiger partial charge on any atom is -0.464 e. The van der Waals surface area contributed by atoms with Crippen molar-refractivity contribution in [2.24, 2.45) is 0 Å². The van der Waals surface area contributed by atoms with Crippen LogP contribution in [-0.4, -0.2) is 19.7 Å². The Kier molecular flexibility index (Phi) is 17.5. The second kappa shape index (κ2) is 18.2. The van der Waals surface area contributed by atoms with Gasteiger partial charge in [0.25, 0.3) is 0 Å². The molecular weight excluding hydrogens is 276 g/mol. The minimum absolute atomic E-state index is 0.190. The molecule has 0 aromatic rings. The van der Waals surface area contributed by atoms with Gasteiger partial charge in [0.1, 0.15) is 0 Å². The molecule has 0 rings (SSSR count). The van der Waals surface area contributed by atoms with Gasteiger partial charge in [-0.25, -0.2) is 0 Å². The average molecular weight is 312 g/mol. The van der Waals surface area contributed by atoms with Crippen LogP contribution in [0.5, 0.6) is 0 Å². The Morgan fingerprint density at radius 3 is 2.05 bits per heavy atom. The van der Waals surface area contributed by atoms with Crippen molar-refractivity contribution in [3.05, 3.63) is 11.8 Å². The molecule has 0 amide bonds. The Morgan fingerprint density at radius 1 is 0.818 bits per heavy atom. The second-order valence-corrected chi connectivity index (χ2v) is 5.87. The summed E-state index contributed by atoms with van der Waals surface area (Å²) in [7, 11) is 0. The fourth-order valence-electron chi connectivity index (χ4n) is 2.29. The number of rotatable bonds is 17. The smallest absolute Gasteiger partial charge is 0.189 e. The first kappa shape index (κ1) is 21.2. The molecule has 3 heteroatoms. The number of carbonyl (C=O) groups excluding carboxylic acids is 1. The van der Waals surface area contributed by atoms with Crippen LogP contribution in [0.3, 0.4) is 0 Å². The third kappa shape index (κ3) is 15.6. The van der Waals surface area contributed by atoms with Gasteiger partial charge in [0.05, 0.1) is 6.61 Å². The summed E-state index contributed by atoms with van der Waals surface area (Å²) in [6.07, 6.45) is 17.3. The average Bonchev–Trinajstić information content (AvgIpc) is 2.54. The number of unbranched alkanes of at least 4 members (excludes halogenated alkanes) is 10. The summed E-state index contributed by atoms with van der Waals surface area (Å²) in [5, 5.41) is 0. The van der Waals surface area contributed by atoms with E-state index in [1.165, 1.54) is 57.8 Å². The largest absolute Gasteiger partial charge is 0.464 e. The highest BCUT2D eigenvalue weighted by molar-refractivity contribution is 5.69. The van der Waals surface area contributed by atoms with E-state index in [0.29, 0.717) is 5.76 Å². The van der Waals surface area contributed by atoms with Crippen molar-refractivity contribution in [2.75, 3.05) is 13.4 Å². The molecule has 0 unspecified atom stereocenters. The van der Waals surface area contributed by atoms with E-state index in [4.69, 9.17) is 9.47 Å². The molecule has 0 saturated carbocycles. The van der Waals surface area contributed by atoms with Crippen LogP contribution in [0.4, 0.5) is 0 Å². The summed E-state index contributed by atoms with van der Waals surface area (Å²) in [6.45, 7) is 5.35. The van der Waals surface area contributed by atoms with Crippen molar-refractivity contribution in [2.45, 2.75) is 90.9 Å². The summed E-state index contributed by atoms with van der Waals surface area (Å²) in [4.78, 5) is 10.9. The SMILES string of the molecule is CCCCCCCC=C(C=O)OCOCCCCCCCC. The predicted molar refractivity (Wildman–Crippen MR) is 92.8 cm³/mol. The minimum atomic E-state index is 0.190. The van der Waals surface area contributed by atoms with Gasteiger partial charge in [-0.1, -0.05) is 71.6 Å². The summed E-state index contributed by atoms with van der Waals surface area (Å²) >= 11 is 0. The zero-order valence-corrected chi connectivity index (χ0v) is 14.8. The molecule has 0 heterocycles. The van der Waals surface area contributed by atoms with Crippen LogP contribution in [0.15, 0.2) is 11.8 Å².